The summed E-state index contributed by atoms with van der Waals surface area (Å²) in [7, 11) is 0. The molecule has 3 aromatic rings. The summed E-state index contributed by atoms with van der Waals surface area (Å²) in [6.45, 7) is 3.39. The number of benzene rings is 2. The van der Waals surface area contributed by atoms with Gasteiger partial charge in [0.2, 0.25) is 0 Å². The van der Waals surface area contributed by atoms with Gasteiger partial charge in [-0.15, -0.1) is 11.3 Å². The van der Waals surface area contributed by atoms with Gasteiger partial charge in [0.05, 0.1) is 0 Å². The fraction of sp³-hybridized carbons (Fsp3) is 0.348. The Morgan fingerprint density at radius 1 is 1.24 bits per heavy atom. The molecule has 0 spiro atoms. The van der Waals surface area contributed by atoms with E-state index in [-0.39, 0.29) is 18.1 Å². The van der Waals surface area contributed by atoms with Crippen LogP contribution in [0.25, 0.3) is 10.1 Å². The van der Waals surface area contributed by atoms with Gasteiger partial charge in [-0.3, -0.25) is 0 Å². The molecule has 2 aromatic carbocycles. The Labute approximate surface area is 175 Å². The highest BCUT2D eigenvalue weighted by molar-refractivity contribution is 7.19. The second kappa shape index (κ2) is 8.84. The van der Waals surface area contributed by atoms with Crippen molar-refractivity contribution in [2.24, 2.45) is 0 Å². The topological polar surface area (TPSA) is 73.4 Å². The standard InChI is InChI=1S/C23H27N3O2S/c1-2-18(12-21-11-16-5-3-4-6-22(16)29-21)26-23(28)25-14-19-9-15-7-8-20(27)10-17(15)13-24-19/h3-8,10-11,18-19,24,27H,2,9,12-14H2,1H3,(H2,25,26,28)/t18?,19-/m0/s1. The van der Waals surface area contributed by atoms with E-state index in [1.807, 2.05) is 6.07 Å². The maximum absolute atomic E-state index is 12.4. The summed E-state index contributed by atoms with van der Waals surface area (Å²) in [4.78, 5) is 13.7. The average molecular weight is 410 g/mol. The maximum Gasteiger partial charge on any atom is 0.315 e. The van der Waals surface area contributed by atoms with Gasteiger partial charge in [0.1, 0.15) is 5.75 Å². The third kappa shape index (κ3) is 4.89. The Kier molecular flexibility index (Phi) is 6.02. The zero-order valence-corrected chi connectivity index (χ0v) is 17.4. The number of hydrogen-bond acceptors (Lipinski definition) is 4. The van der Waals surface area contributed by atoms with E-state index in [4.69, 9.17) is 0 Å². The van der Waals surface area contributed by atoms with Crippen molar-refractivity contribution in [3.8, 4) is 5.75 Å². The molecule has 2 atom stereocenters. The molecule has 1 aliphatic rings. The number of fused-ring (bicyclic) bond motifs is 2. The van der Waals surface area contributed by atoms with Gasteiger partial charge in [-0.1, -0.05) is 31.2 Å². The van der Waals surface area contributed by atoms with Gasteiger partial charge >= 0.3 is 6.03 Å². The number of phenols is 1. The minimum absolute atomic E-state index is 0.115. The zero-order valence-electron chi connectivity index (χ0n) is 16.6. The van der Waals surface area contributed by atoms with Crippen molar-refractivity contribution in [2.45, 2.75) is 44.8 Å². The molecule has 29 heavy (non-hydrogen) atoms. The van der Waals surface area contributed by atoms with E-state index in [0.29, 0.717) is 18.8 Å². The van der Waals surface area contributed by atoms with Crippen molar-refractivity contribution in [1.29, 1.82) is 0 Å². The van der Waals surface area contributed by atoms with Crippen LogP contribution in [0.15, 0.2) is 48.5 Å². The molecule has 1 unspecified atom stereocenters. The number of thiophene rings is 1. The van der Waals surface area contributed by atoms with Crippen LogP contribution in [0.3, 0.4) is 0 Å². The molecule has 4 N–H and O–H groups in total. The van der Waals surface area contributed by atoms with Crippen molar-refractivity contribution in [3.05, 3.63) is 64.5 Å². The molecular weight excluding hydrogens is 382 g/mol. The van der Waals surface area contributed by atoms with Crippen LogP contribution >= 0.6 is 11.3 Å². The van der Waals surface area contributed by atoms with Crippen molar-refractivity contribution in [1.82, 2.24) is 16.0 Å². The van der Waals surface area contributed by atoms with Crippen LogP contribution in [0.2, 0.25) is 0 Å². The molecule has 0 radical (unpaired) electrons. The second-order valence-corrected chi connectivity index (χ2v) is 8.82. The first-order chi connectivity index (χ1) is 14.1. The van der Waals surface area contributed by atoms with Gasteiger partial charge in [-0.05, 0) is 53.6 Å². The lowest BCUT2D eigenvalue weighted by Crippen LogP contribution is -2.49. The molecule has 4 rings (SSSR count). The van der Waals surface area contributed by atoms with E-state index >= 15 is 0 Å². The van der Waals surface area contributed by atoms with E-state index in [1.54, 1.807) is 23.5 Å². The molecule has 0 fully saturated rings. The predicted octanol–water partition coefficient (Wildman–Crippen LogP) is 3.94. The fourth-order valence-corrected chi connectivity index (χ4v) is 4.99. The second-order valence-electron chi connectivity index (χ2n) is 7.65. The van der Waals surface area contributed by atoms with Gasteiger partial charge in [-0.25, -0.2) is 4.79 Å². The molecule has 152 valence electrons. The molecule has 0 saturated heterocycles. The SMILES string of the molecule is CCC(Cc1cc2ccccc2s1)NC(=O)NC[C@@H]1Cc2ccc(O)cc2CN1. The first-order valence-corrected chi connectivity index (χ1v) is 11.0. The van der Waals surface area contributed by atoms with Crippen LogP contribution in [0, 0.1) is 0 Å². The van der Waals surface area contributed by atoms with Gasteiger partial charge in [0.15, 0.2) is 0 Å². The van der Waals surface area contributed by atoms with Crippen LogP contribution in [-0.4, -0.2) is 29.8 Å². The van der Waals surface area contributed by atoms with Crippen molar-refractivity contribution < 1.29 is 9.90 Å². The molecule has 6 heteroatoms. The molecule has 2 heterocycles. The Morgan fingerprint density at radius 3 is 2.93 bits per heavy atom. The van der Waals surface area contributed by atoms with E-state index in [9.17, 15) is 9.90 Å². The zero-order chi connectivity index (χ0) is 20.2. The molecule has 0 bridgehead atoms. The van der Waals surface area contributed by atoms with E-state index in [1.165, 1.54) is 20.5 Å². The molecule has 5 nitrogen and oxygen atoms in total. The van der Waals surface area contributed by atoms with Gasteiger partial charge in [0.25, 0.3) is 0 Å². The number of urea groups is 1. The smallest absolute Gasteiger partial charge is 0.315 e. The minimum atomic E-state index is -0.115. The lowest BCUT2D eigenvalue weighted by molar-refractivity contribution is 0.234. The highest BCUT2D eigenvalue weighted by Crippen LogP contribution is 2.26. The lowest BCUT2D eigenvalue weighted by Gasteiger charge is -2.27. The fourth-order valence-electron chi connectivity index (χ4n) is 3.84. The van der Waals surface area contributed by atoms with Crippen LogP contribution in [0.4, 0.5) is 4.79 Å². The first kappa shape index (κ1) is 19.7. The maximum atomic E-state index is 12.4. The van der Waals surface area contributed by atoms with Crippen molar-refractivity contribution >= 4 is 27.5 Å². The number of phenolic OH excluding ortho intramolecular Hbond substituents is 1. The molecule has 1 aliphatic heterocycles. The number of carbonyl (C=O) groups excluding carboxylic acids is 1. The van der Waals surface area contributed by atoms with Gasteiger partial charge in [-0.2, -0.15) is 0 Å². The molecule has 0 aliphatic carbocycles. The average Bonchev–Trinajstić information content (AvgIpc) is 3.14. The number of nitrogens with one attached hydrogen (secondary N) is 3. The number of aromatic hydroxyl groups is 1. The summed E-state index contributed by atoms with van der Waals surface area (Å²) in [6.07, 6.45) is 2.58. The van der Waals surface area contributed by atoms with E-state index in [0.717, 1.165) is 24.8 Å². The number of carbonyl (C=O) groups is 1. The predicted molar refractivity (Wildman–Crippen MR) is 119 cm³/mol. The largest absolute Gasteiger partial charge is 0.508 e. The monoisotopic (exact) mass is 409 g/mol. The molecule has 1 aromatic heterocycles. The van der Waals surface area contributed by atoms with Crippen molar-refractivity contribution in [2.75, 3.05) is 6.54 Å². The molecule has 0 saturated carbocycles. The van der Waals surface area contributed by atoms with Crippen LogP contribution in [0.1, 0.15) is 29.3 Å². The van der Waals surface area contributed by atoms with Gasteiger partial charge in [0, 0.05) is 41.2 Å². The van der Waals surface area contributed by atoms with E-state index < -0.39 is 0 Å². The summed E-state index contributed by atoms with van der Waals surface area (Å²) in [5.74, 6) is 0.297. The summed E-state index contributed by atoms with van der Waals surface area (Å²) in [5.41, 5.74) is 2.35. The van der Waals surface area contributed by atoms with Crippen LogP contribution in [-0.2, 0) is 19.4 Å². The highest BCUT2D eigenvalue weighted by Gasteiger charge is 2.19. The number of rotatable bonds is 6. The Morgan fingerprint density at radius 2 is 2.10 bits per heavy atom. The molecular formula is C23H27N3O2S. The quantitative estimate of drug-likeness (QED) is 0.498. The summed E-state index contributed by atoms with van der Waals surface area (Å²) in [5, 5.41) is 20.4. The Hall–Kier alpha value is -2.57. The third-order valence-electron chi connectivity index (χ3n) is 5.50. The Balaban J connectivity index is 1.27. The van der Waals surface area contributed by atoms with Crippen molar-refractivity contribution in [3.63, 3.8) is 0 Å². The lowest BCUT2D eigenvalue weighted by atomic mass is 9.95. The number of amides is 2. The van der Waals surface area contributed by atoms with E-state index in [2.05, 4.69) is 53.2 Å². The number of hydrogen-bond donors (Lipinski definition) is 4. The first-order valence-electron chi connectivity index (χ1n) is 10.2. The summed E-state index contributed by atoms with van der Waals surface area (Å²) < 4.78 is 1.29. The summed E-state index contributed by atoms with van der Waals surface area (Å²) >= 11 is 1.80. The normalized spacial score (nSPS) is 16.9. The van der Waals surface area contributed by atoms with Crippen LogP contribution < -0.4 is 16.0 Å². The minimum Gasteiger partial charge on any atom is -0.508 e. The highest BCUT2D eigenvalue weighted by atomic mass is 32.1. The molecule has 2 amide bonds. The summed E-state index contributed by atoms with van der Waals surface area (Å²) in [6, 6.07) is 16.3. The Bertz CT molecular complexity index is 968. The van der Waals surface area contributed by atoms with Gasteiger partial charge < -0.3 is 21.1 Å². The van der Waals surface area contributed by atoms with Crippen LogP contribution in [0.5, 0.6) is 5.75 Å². The third-order valence-corrected chi connectivity index (χ3v) is 6.64.